The number of benzene rings is 2. The van der Waals surface area contributed by atoms with Crippen LogP contribution < -0.4 is 10.1 Å². The molecule has 0 bridgehead atoms. The molecule has 2 amide bonds. The Balaban J connectivity index is 1.45. The molecule has 0 aliphatic carbocycles. The fourth-order valence-electron chi connectivity index (χ4n) is 6.88. The summed E-state index contributed by atoms with van der Waals surface area (Å²) in [6.45, 7) is 13.7. The largest absolute Gasteiger partial charge is 0.493 e. The van der Waals surface area contributed by atoms with Crippen LogP contribution in [0.25, 0.3) is 33.9 Å². The monoisotopic (exact) mass is 716 g/mol. The highest BCUT2D eigenvalue weighted by atomic mass is 19.1. The molecule has 1 saturated heterocycles. The second-order valence-electron chi connectivity index (χ2n) is 14.0. The molecule has 4 N–H and O–H groups in total. The molecule has 278 valence electrons. The predicted molar refractivity (Wildman–Crippen MR) is 199 cm³/mol. The van der Waals surface area contributed by atoms with Crippen molar-refractivity contribution in [3.8, 4) is 28.3 Å². The van der Waals surface area contributed by atoms with Gasteiger partial charge < -0.3 is 30.0 Å². The zero-order valence-corrected chi connectivity index (χ0v) is 31.1. The number of amides is 2. The van der Waals surface area contributed by atoms with E-state index in [0.717, 1.165) is 42.8 Å². The summed E-state index contributed by atoms with van der Waals surface area (Å²) in [4.78, 5) is 42.2. The van der Waals surface area contributed by atoms with Gasteiger partial charge in [0.1, 0.15) is 35.1 Å². The van der Waals surface area contributed by atoms with Gasteiger partial charge in [0, 0.05) is 29.2 Å². The second-order valence-corrected chi connectivity index (χ2v) is 14.0. The standard InChI is InChI=1S/C40H50F2N6O4/c1-8-10-12-24(6)37-43-20-30(45-37)26-15-14-23(5)28(17-26)35(42)25(7)34-29(41)18-27(19-33(34)52-9-2)31-21-44-38(46-31)32-13-11-16-48(32)39(49)36(22(3)4)47-40(50)51/h14-15,17-22,24,32,36,47H,8-13,16H2,1-7H3,(H,43,45)(H,44,46)(H,50,51)/b35-25-/t24-,32-,36-/m0/s1. The van der Waals surface area contributed by atoms with Crippen molar-refractivity contribution in [2.24, 2.45) is 5.92 Å². The summed E-state index contributed by atoms with van der Waals surface area (Å²) in [6, 6.07) is 7.23. The van der Waals surface area contributed by atoms with Crippen LogP contribution in [0, 0.1) is 18.7 Å². The second kappa shape index (κ2) is 16.6. The van der Waals surface area contributed by atoms with Gasteiger partial charge in [0.15, 0.2) is 0 Å². The van der Waals surface area contributed by atoms with E-state index >= 15 is 8.78 Å². The number of allylic oxidation sites excluding steroid dienone is 1. The van der Waals surface area contributed by atoms with Gasteiger partial charge in [0.05, 0.1) is 42.0 Å². The number of aryl methyl sites for hydroxylation is 1. The first-order chi connectivity index (χ1) is 24.8. The van der Waals surface area contributed by atoms with Crippen LogP contribution >= 0.6 is 0 Å². The van der Waals surface area contributed by atoms with Gasteiger partial charge in [-0.25, -0.2) is 23.5 Å². The van der Waals surface area contributed by atoms with Gasteiger partial charge in [-0.3, -0.25) is 4.79 Å². The van der Waals surface area contributed by atoms with Gasteiger partial charge in [0.25, 0.3) is 0 Å². The van der Waals surface area contributed by atoms with E-state index in [-0.39, 0.29) is 41.2 Å². The molecule has 2 aromatic heterocycles. The average molecular weight is 717 g/mol. The molecule has 3 atom stereocenters. The third-order valence-corrected chi connectivity index (χ3v) is 9.87. The van der Waals surface area contributed by atoms with E-state index in [9.17, 15) is 14.7 Å². The van der Waals surface area contributed by atoms with Crippen molar-refractivity contribution < 1.29 is 28.2 Å². The quantitative estimate of drug-likeness (QED) is 0.0961. The number of carbonyl (C=O) groups excluding carboxylic acids is 1. The lowest BCUT2D eigenvalue weighted by atomic mass is 9.96. The van der Waals surface area contributed by atoms with Crippen LogP contribution in [0.3, 0.4) is 0 Å². The van der Waals surface area contributed by atoms with Crippen molar-refractivity contribution in [3.63, 3.8) is 0 Å². The van der Waals surface area contributed by atoms with Gasteiger partial charge in [-0.15, -0.1) is 0 Å². The Morgan fingerprint density at radius 3 is 2.50 bits per heavy atom. The molecular weight excluding hydrogens is 666 g/mol. The van der Waals surface area contributed by atoms with Crippen LogP contribution in [0.5, 0.6) is 5.75 Å². The number of aromatic amines is 2. The van der Waals surface area contributed by atoms with E-state index in [1.54, 1.807) is 57.1 Å². The van der Waals surface area contributed by atoms with E-state index in [1.165, 1.54) is 6.07 Å². The van der Waals surface area contributed by atoms with Crippen LogP contribution in [-0.4, -0.2) is 61.1 Å². The number of hydrogen-bond acceptors (Lipinski definition) is 5. The molecule has 0 radical (unpaired) electrons. The SMILES string of the molecule is CCCC[C@H](C)c1ncc(-c2ccc(C)c(/C(F)=C(\C)c3c(F)cc(-c4cnc([C@@H]5CCCN5C(=O)[C@@H](NC(=O)O)C(C)C)[nH]4)cc3OCC)c2)[nH]1. The number of carboxylic acid groups (broad SMARTS) is 1. The molecule has 1 aliphatic rings. The molecule has 0 unspecified atom stereocenters. The molecule has 12 heteroatoms. The van der Waals surface area contributed by atoms with Crippen molar-refractivity contribution >= 4 is 23.4 Å². The van der Waals surface area contributed by atoms with Crippen molar-refractivity contribution in [3.05, 3.63) is 76.9 Å². The molecule has 4 aromatic rings. The third kappa shape index (κ3) is 8.21. The molecule has 2 aromatic carbocycles. The fourth-order valence-corrected chi connectivity index (χ4v) is 6.88. The number of unbranched alkanes of at least 4 members (excludes halogenated alkanes) is 1. The number of carbonyl (C=O) groups is 2. The minimum absolute atomic E-state index is 0.0273. The Bertz CT molecular complexity index is 1930. The lowest BCUT2D eigenvalue weighted by Gasteiger charge is -2.29. The molecule has 3 heterocycles. The zero-order valence-electron chi connectivity index (χ0n) is 31.1. The fraction of sp³-hybridized carbons (Fsp3) is 0.450. The first-order valence-electron chi connectivity index (χ1n) is 18.2. The number of hydrogen-bond donors (Lipinski definition) is 4. The molecule has 1 aliphatic heterocycles. The molecule has 5 rings (SSSR count). The van der Waals surface area contributed by atoms with Crippen LogP contribution in [0.1, 0.15) is 114 Å². The van der Waals surface area contributed by atoms with Crippen molar-refractivity contribution in [2.45, 2.75) is 98.6 Å². The summed E-state index contributed by atoms with van der Waals surface area (Å²) in [5.41, 5.74) is 3.70. The topological polar surface area (TPSA) is 136 Å². The number of halogens is 2. The van der Waals surface area contributed by atoms with Crippen molar-refractivity contribution in [2.75, 3.05) is 13.2 Å². The van der Waals surface area contributed by atoms with Crippen LogP contribution in [0.15, 0.2) is 42.7 Å². The van der Waals surface area contributed by atoms with E-state index in [4.69, 9.17) is 4.74 Å². The molecular formula is C40H50F2N6O4. The molecule has 52 heavy (non-hydrogen) atoms. The number of likely N-dealkylation sites (tertiary alicyclic amines) is 1. The Hall–Kier alpha value is -5.00. The Morgan fingerprint density at radius 2 is 1.81 bits per heavy atom. The number of nitrogens with one attached hydrogen (secondary N) is 3. The molecule has 10 nitrogen and oxygen atoms in total. The highest BCUT2D eigenvalue weighted by molar-refractivity contribution is 5.91. The number of nitrogens with zero attached hydrogens (tertiary/aromatic N) is 3. The minimum Gasteiger partial charge on any atom is -0.493 e. The Labute approximate surface area is 304 Å². The summed E-state index contributed by atoms with van der Waals surface area (Å²) in [5, 5.41) is 11.6. The van der Waals surface area contributed by atoms with Crippen molar-refractivity contribution in [1.82, 2.24) is 30.2 Å². The predicted octanol–water partition coefficient (Wildman–Crippen LogP) is 9.42. The first kappa shape index (κ1) is 38.2. The zero-order chi connectivity index (χ0) is 37.7. The van der Waals surface area contributed by atoms with Crippen LogP contribution in [0.2, 0.25) is 0 Å². The maximum Gasteiger partial charge on any atom is 0.405 e. The number of imidazole rings is 2. The van der Waals surface area contributed by atoms with Crippen LogP contribution in [0.4, 0.5) is 13.6 Å². The maximum atomic E-state index is 16.5. The smallest absolute Gasteiger partial charge is 0.405 e. The van der Waals surface area contributed by atoms with Gasteiger partial charge in [-0.05, 0) is 75.3 Å². The molecule has 0 spiro atoms. The average Bonchev–Trinajstić information content (AvgIpc) is 3.90. The normalized spacial score (nSPS) is 16.2. The summed E-state index contributed by atoms with van der Waals surface area (Å²) in [6.07, 6.45) is 6.69. The van der Waals surface area contributed by atoms with Gasteiger partial charge in [0.2, 0.25) is 5.91 Å². The van der Waals surface area contributed by atoms with Gasteiger partial charge in [-0.1, -0.05) is 52.7 Å². The van der Waals surface area contributed by atoms with E-state index in [0.29, 0.717) is 41.2 Å². The molecule has 0 saturated carbocycles. The number of rotatable bonds is 14. The number of ether oxygens (including phenoxy) is 1. The van der Waals surface area contributed by atoms with Gasteiger partial charge in [-0.2, -0.15) is 0 Å². The number of H-pyrrole nitrogens is 2. The van der Waals surface area contributed by atoms with E-state index in [2.05, 4.69) is 39.1 Å². The summed E-state index contributed by atoms with van der Waals surface area (Å²) in [5.74, 6) is 0.0887. The molecule has 1 fully saturated rings. The lowest BCUT2D eigenvalue weighted by Crippen LogP contribution is -2.50. The highest BCUT2D eigenvalue weighted by Crippen LogP contribution is 2.40. The third-order valence-electron chi connectivity index (χ3n) is 9.87. The summed E-state index contributed by atoms with van der Waals surface area (Å²) >= 11 is 0. The maximum absolute atomic E-state index is 16.5. The highest BCUT2D eigenvalue weighted by Gasteiger charge is 2.37. The van der Waals surface area contributed by atoms with Crippen molar-refractivity contribution in [1.29, 1.82) is 0 Å². The summed E-state index contributed by atoms with van der Waals surface area (Å²) in [7, 11) is 0. The Morgan fingerprint density at radius 1 is 1.08 bits per heavy atom. The minimum atomic E-state index is -1.26. The van der Waals surface area contributed by atoms with Crippen LogP contribution in [-0.2, 0) is 4.79 Å². The lowest BCUT2D eigenvalue weighted by molar-refractivity contribution is -0.135. The number of aromatic nitrogens is 4. The van der Waals surface area contributed by atoms with E-state index in [1.807, 2.05) is 19.1 Å². The first-order valence-corrected chi connectivity index (χ1v) is 18.2. The van der Waals surface area contributed by atoms with Gasteiger partial charge >= 0.3 is 6.09 Å². The van der Waals surface area contributed by atoms with E-state index < -0.39 is 29.8 Å². The summed E-state index contributed by atoms with van der Waals surface area (Å²) < 4.78 is 38.5. The Kier molecular flexibility index (Phi) is 12.2.